The highest BCUT2D eigenvalue weighted by Gasteiger charge is 2.22. The van der Waals surface area contributed by atoms with Crippen molar-refractivity contribution in [2.75, 3.05) is 25.0 Å². The fourth-order valence-corrected chi connectivity index (χ4v) is 2.75. The summed E-state index contributed by atoms with van der Waals surface area (Å²) in [5.41, 5.74) is 1.85. The van der Waals surface area contributed by atoms with Gasteiger partial charge in [-0.15, -0.1) is 0 Å². The highest BCUT2D eigenvalue weighted by molar-refractivity contribution is 6.00. The molecule has 0 atom stereocenters. The Morgan fingerprint density at radius 2 is 2.00 bits per heavy atom. The molecule has 1 heterocycles. The van der Waals surface area contributed by atoms with Gasteiger partial charge in [-0.1, -0.05) is 0 Å². The van der Waals surface area contributed by atoms with Crippen LogP contribution >= 0.6 is 0 Å². The molecule has 2 aromatic rings. The largest absolute Gasteiger partial charge is 0.371 e. The van der Waals surface area contributed by atoms with Crippen LogP contribution in [0.15, 0.2) is 30.6 Å². The van der Waals surface area contributed by atoms with Crippen molar-refractivity contribution in [3.8, 4) is 0 Å². The molecule has 0 spiro atoms. The Labute approximate surface area is 146 Å². The minimum Gasteiger partial charge on any atom is -0.371 e. The minimum atomic E-state index is -0.482. The molecule has 0 saturated heterocycles. The van der Waals surface area contributed by atoms with E-state index >= 15 is 0 Å². The highest BCUT2D eigenvalue weighted by Crippen LogP contribution is 2.27. The number of nitro benzene ring substituents is 1. The number of carbonyl (C=O) groups excluding carboxylic acids is 1. The van der Waals surface area contributed by atoms with Gasteiger partial charge in [-0.25, -0.2) is 0 Å². The van der Waals surface area contributed by atoms with Gasteiger partial charge in [0.15, 0.2) is 0 Å². The van der Waals surface area contributed by atoms with Crippen LogP contribution in [0.5, 0.6) is 0 Å². The molecule has 1 amide bonds. The molecule has 134 valence electrons. The summed E-state index contributed by atoms with van der Waals surface area (Å²) < 4.78 is 1.67. The number of aryl methyl sites for hydroxylation is 1. The number of nitrogens with zero attached hydrogens (tertiary/aromatic N) is 5. The van der Waals surface area contributed by atoms with Gasteiger partial charge in [0.05, 0.1) is 22.4 Å². The van der Waals surface area contributed by atoms with Gasteiger partial charge in [0.2, 0.25) is 0 Å². The summed E-state index contributed by atoms with van der Waals surface area (Å²) in [6, 6.07) is 4.44. The molecule has 0 bridgehead atoms. The lowest BCUT2D eigenvalue weighted by molar-refractivity contribution is -0.384. The van der Waals surface area contributed by atoms with Crippen LogP contribution in [0.25, 0.3) is 0 Å². The Hall–Kier alpha value is -2.90. The first-order valence-electron chi connectivity index (χ1n) is 8.13. The summed E-state index contributed by atoms with van der Waals surface area (Å²) in [5, 5.41) is 15.2. The third-order valence-corrected chi connectivity index (χ3v) is 4.05. The van der Waals surface area contributed by atoms with Crippen molar-refractivity contribution in [2.24, 2.45) is 7.05 Å². The molecule has 0 aliphatic carbocycles. The quantitative estimate of drug-likeness (QED) is 0.568. The Kier molecular flexibility index (Phi) is 5.74. The number of carbonyl (C=O) groups is 1. The first kappa shape index (κ1) is 18.4. The monoisotopic (exact) mass is 345 g/mol. The standard InChI is InChI=1S/C17H23N5O3/c1-5-21(6-2)16-8-7-14(22(24)25)9-15(16)17(23)19(3)11-13-10-18-20(4)12-13/h7-10,12H,5-6,11H2,1-4H3. The van der Waals surface area contributed by atoms with Crippen molar-refractivity contribution in [1.82, 2.24) is 14.7 Å². The Balaban J connectivity index is 2.37. The molecular weight excluding hydrogens is 322 g/mol. The second-order valence-electron chi connectivity index (χ2n) is 5.81. The molecule has 0 fully saturated rings. The van der Waals surface area contributed by atoms with E-state index in [1.165, 1.54) is 12.1 Å². The van der Waals surface area contributed by atoms with Crippen molar-refractivity contribution in [3.05, 3.63) is 51.8 Å². The fraction of sp³-hybridized carbons (Fsp3) is 0.412. The fourth-order valence-electron chi connectivity index (χ4n) is 2.75. The highest BCUT2D eigenvalue weighted by atomic mass is 16.6. The van der Waals surface area contributed by atoms with E-state index in [0.717, 1.165) is 5.56 Å². The van der Waals surface area contributed by atoms with Crippen LogP contribution in [0, 0.1) is 10.1 Å². The number of aromatic nitrogens is 2. The number of non-ortho nitro benzene ring substituents is 1. The van der Waals surface area contributed by atoms with Gasteiger partial charge in [0.25, 0.3) is 11.6 Å². The number of amides is 1. The van der Waals surface area contributed by atoms with E-state index in [1.54, 1.807) is 28.9 Å². The van der Waals surface area contributed by atoms with Crippen LogP contribution in [-0.4, -0.2) is 45.6 Å². The average Bonchev–Trinajstić information content (AvgIpc) is 3.00. The van der Waals surface area contributed by atoms with Gasteiger partial charge >= 0.3 is 0 Å². The number of benzene rings is 1. The predicted octanol–water partition coefficient (Wildman–Crippen LogP) is 2.45. The molecule has 2 rings (SSSR count). The number of nitro groups is 1. The number of hydrogen-bond acceptors (Lipinski definition) is 5. The van der Waals surface area contributed by atoms with E-state index in [4.69, 9.17) is 0 Å². The van der Waals surface area contributed by atoms with Crippen LogP contribution < -0.4 is 4.90 Å². The van der Waals surface area contributed by atoms with Gasteiger partial charge in [-0.05, 0) is 19.9 Å². The number of rotatable bonds is 7. The summed E-state index contributed by atoms with van der Waals surface area (Å²) in [7, 11) is 3.49. The molecule has 25 heavy (non-hydrogen) atoms. The molecule has 0 aliphatic heterocycles. The average molecular weight is 345 g/mol. The van der Waals surface area contributed by atoms with Crippen molar-refractivity contribution in [2.45, 2.75) is 20.4 Å². The summed E-state index contributed by atoms with van der Waals surface area (Å²) in [5.74, 6) is -0.255. The second-order valence-corrected chi connectivity index (χ2v) is 5.81. The van der Waals surface area contributed by atoms with E-state index in [2.05, 4.69) is 5.10 Å². The molecule has 1 aromatic heterocycles. The molecule has 8 nitrogen and oxygen atoms in total. The molecule has 0 radical (unpaired) electrons. The maximum absolute atomic E-state index is 12.9. The van der Waals surface area contributed by atoms with Gasteiger partial charge < -0.3 is 9.80 Å². The summed E-state index contributed by atoms with van der Waals surface area (Å²) in [6.45, 7) is 5.77. The van der Waals surface area contributed by atoms with Crippen molar-refractivity contribution >= 4 is 17.3 Å². The molecule has 1 aromatic carbocycles. The third kappa shape index (κ3) is 4.14. The normalized spacial score (nSPS) is 10.6. The number of hydrogen-bond donors (Lipinski definition) is 0. The predicted molar refractivity (Wildman–Crippen MR) is 95.7 cm³/mol. The van der Waals surface area contributed by atoms with Crippen molar-refractivity contribution in [3.63, 3.8) is 0 Å². The zero-order valence-corrected chi connectivity index (χ0v) is 15.0. The number of anilines is 1. The van der Waals surface area contributed by atoms with E-state index in [9.17, 15) is 14.9 Å². The summed E-state index contributed by atoms with van der Waals surface area (Å²) in [4.78, 5) is 27.1. The van der Waals surface area contributed by atoms with E-state index < -0.39 is 4.92 Å². The van der Waals surface area contributed by atoms with E-state index in [-0.39, 0.29) is 11.6 Å². The third-order valence-electron chi connectivity index (χ3n) is 4.05. The maximum atomic E-state index is 12.9. The second kappa shape index (κ2) is 7.78. The van der Waals surface area contributed by atoms with Gasteiger partial charge in [-0.2, -0.15) is 5.10 Å². The molecule has 0 N–H and O–H groups in total. The zero-order valence-electron chi connectivity index (χ0n) is 15.0. The topological polar surface area (TPSA) is 84.5 Å². The summed E-state index contributed by atoms with van der Waals surface area (Å²) in [6.07, 6.45) is 3.53. The van der Waals surface area contributed by atoms with E-state index in [0.29, 0.717) is 30.9 Å². The smallest absolute Gasteiger partial charge is 0.270 e. The molecule has 0 saturated carbocycles. The molecule has 8 heteroatoms. The van der Waals surface area contributed by atoms with Crippen molar-refractivity contribution in [1.29, 1.82) is 0 Å². The van der Waals surface area contributed by atoms with Crippen LogP contribution in [0.2, 0.25) is 0 Å². The van der Waals surface area contributed by atoms with E-state index in [1.807, 2.05) is 32.0 Å². The maximum Gasteiger partial charge on any atom is 0.270 e. The summed E-state index contributed by atoms with van der Waals surface area (Å²) >= 11 is 0. The van der Waals surface area contributed by atoms with Crippen molar-refractivity contribution < 1.29 is 9.72 Å². The Morgan fingerprint density at radius 3 is 2.52 bits per heavy atom. The molecule has 0 aliphatic rings. The Bertz CT molecular complexity index is 767. The molecular formula is C17H23N5O3. The van der Waals surface area contributed by atoms with Gasteiger partial charge in [0.1, 0.15) is 0 Å². The minimum absolute atomic E-state index is 0.0889. The van der Waals surface area contributed by atoms with Gasteiger partial charge in [0, 0.05) is 57.6 Å². The van der Waals surface area contributed by atoms with Crippen LogP contribution in [0.4, 0.5) is 11.4 Å². The lowest BCUT2D eigenvalue weighted by Crippen LogP contribution is -2.30. The Morgan fingerprint density at radius 1 is 1.32 bits per heavy atom. The lowest BCUT2D eigenvalue weighted by Gasteiger charge is -2.25. The zero-order chi connectivity index (χ0) is 18.6. The lowest BCUT2D eigenvalue weighted by atomic mass is 10.1. The van der Waals surface area contributed by atoms with Crippen LogP contribution in [0.1, 0.15) is 29.8 Å². The van der Waals surface area contributed by atoms with Crippen LogP contribution in [0.3, 0.4) is 0 Å². The molecule has 0 unspecified atom stereocenters. The first-order chi connectivity index (χ1) is 11.9. The van der Waals surface area contributed by atoms with Gasteiger partial charge in [-0.3, -0.25) is 19.6 Å². The first-order valence-corrected chi connectivity index (χ1v) is 8.13. The van der Waals surface area contributed by atoms with Crippen LogP contribution in [-0.2, 0) is 13.6 Å². The SMILES string of the molecule is CCN(CC)c1ccc([N+](=O)[O-])cc1C(=O)N(C)Cc1cnn(C)c1.